The molecule has 1 aliphatic carbocycles. The van der Waals surface area contributed by atoms with Gasteiger partial charge in [0.1, 0.15) is 36.3 Å². The summed E-state index contributed by atoms with van der Waals surface area (Å²) in [4.78, 5) is 11.8. The molecule has 8 nitrogen and oxygen atoms in total. The van der Waals surface area contributed by atoms with Gasteiger partial charge in [0, 0.05) is 0 Å². The van der Waals surface area contributed by atoms with E-state index in [9.17, 15) is 30.3 Å². The summed E-state index contributed by atoms with van der Waals surface area (Å²) in [6.07, 6.45) is -10.4. The number of hydrogen-bond acceptors (Lipinski definition) is 8. The lowest BCUT2D eigenvalue weighted by Gasteiger charge is -2.41. The van der Waals surface area contributed by atoms with Crippen molar-refractivity contribution in [3.63, 3.8) is 0 Å². The van der Waals surface area contributed by atoms with Gasteiger partial charge in [-0.3, -0.25) is 4.79 Å². The largest absolute Gasteiger partial charge is 0.508 e. The smallest absolute Gasteiger partial charge is 0.310 e. The summed E-state index contributed by atoms with van der Waals surface area (Å²) in [7, 11) is 0. The highest BCUT2D eigenvalue weighted by molar-refractivity contribution is 5.73. The molecule has 1 saturated carbocycles. The van der Waals surface area contributed by atoms with Gasteiger partial charge in [-0.05, 0) is 17.7 Å². The predicted molar refractivity (Wildman–Crippen MR) is 71.7 cm³/mol. The maximum Gasteiger partial charge on any atom is 0.310 e. The van der Waals surface area contributed by atoms with Gasteiger partial charge in [0.15, 0.2) is 6.10 Å². The van der Waals surface area contributed by atoms with E-state index in [1.165, 1.54) is 24.3 Å². The molecule has 0 amide bonds. The number of phenols is 1. The van der Waals surface area contributed by atoms with Crippen molar-refractivity contribution >= 4 is 5.97 Å². The van der Waals surface area contributed by atoms with Gasteiger partial charge in [-0.1, -0.05) is 12.1 Å². The lowest BCUT2D eigenvalue weighted by molar-refractivity contribution is -0.233. The van der Waals surface area contributed by atoms with E-state index in [0.717, 1.165) is 0 Å². The molecule has 0 heterocycles. The second-order valence-electron chi connectivity index (χ2n) is 5.25. The van der Waals surface area contributed by atoms with Crippen molar-refractivity contribution < 1.29 is 40.2 Å². The van der Waals surface area contributed by atoms with Crippen LogP contribution in [0.5, 0.6) is 5.75 Å². The average molecular weight is 314 g/mol. The van der Waals surface area contributed by atoms with Crippen LogP contribution in [0, 0.1) is 0 Å². The van der Waals surface area contributed by atoms with E-state index in [0.29, 0.717) is 5.56 Å². The normalized spacial score (nSPS) is 35.1. The molecule has 122 valence electrons. The Hall–Kier alpha value is -1.71. The molecule has 0 aliphatic heterocycles. The zero-order chi connectivity index (χ0) is 16.4. The molecular formula is C14H18O8. The number of aromatic hydroxyl groups is 1. The third-order valence-electron chi connectivity index (χ3n) is 3.63. The summed E-state index contributed by atoms with van der Waals surface area (Å²) in [5, 5.41) is 57.2. The van der Waals surface area contributed by atoms with Crippen LogP contribution >= 0.6 is 0 Å². The first-order chi connectivity index (χ1) is 10.3. The second kappa shape index (κ2) is 6.59. The van der Waals surface area contributed by atoms with Gasteiger partial charge >= 0.3 is 5.97 Å². The van der Waals surface area contributed by atoms with Gasteiger partial charge in [0.2, 0.25) is 0 Å². The average Bonchev–Trinajstić information content (AvgIpc) is 2.50. The van der Waals surface area contributed by atoms with Crippen LogP contribution in [0.2, 0.25) is 0 Å². The molecule has 0 radical (unpaired) electrons. The van der Waals surface area contributed by atoms with Crippen LogP contribution in [0.1, 0.15) is 5.56 Å². The molecule has 0 bridgehead atoms. The number of phenolic OH excluding ortho intramolecular Hbond substituents is 1. The molecule has 22 heavy (non-hydrogen) atoms. The maximum atomic E-state index is 11.8. The fourth-order valence-corrected chi connectivity index (χ4v) is 2.31. The number of esters is 1. The third kappa shape index (κ3) is 3.37. The van der Waals surface area contributed by atoms with E-state index in [4.69, 9.17) is 9.84 Å². The van der Waals surface area contributed by atoms with Gasteiger partial charge in [0.25, 0.3) is 0 Å². The SMILES string of the molecule is O=C(Cc1ccc(O)cc1)OC1[C@@H](O)[C@H](O)C(O)[C@@H](O)[C@H]1O. The van der Waals surface area contributed by atoms with Crippen molar-refractivity contribution in [1.82, 2.24) is 0 Å². The Balaban J connectivity index is 2.02. The highest BCUT2D eigenvalue weighted by atomic mass is 16.6. The molecule has 6 atom stereocenters. The van der Waals surface area contributed by atoms with Gasteiger partial charge in [-0.2, -0.15) is 0 Å². The summed E-state index contributed by atoms with van der Waals surface area (Å²) in [6.45, 7) is 0. The number of aliphatic hydroxyl groups excluding tert-OH is 5. The highest BCUT2D eigenvalue weighted by Gasteiger charge is 2.50. The minimum atomic E-state index is -1.75. The first-order valence-electron chi connectivity index (χ1n) is 6.69. The van der Waals surface area contributed by atoms with E-state index >= 15 is 0 Å². The summed E-state index contributed by atoms with van der Waals surface area (Å²) in [5.41, 5.74) is 0.531. The number of rotatable bonds is 3. The Morgan fingerprint density at radius 3 is 1.82 bits per heavy atom. The Bertz CT molecular complexity index is 500. The first kappa shape index (κ1) is 16.7. The van der Waals surface area contributed by atoms with Crippen molar-refractivity contribution in [2.24, 2.45) is 0 Å². The van der Waals surface area contributed by atoms with Crippen LogP contribution in [-0.2, 0) is 16.0 Å². The first-order valence-corrected chi connectivity index (χ1v) is 6.69. The van der Waals surface area contributed by atoms with Gasteiger partial charge in [-0.25, -0.2) is 0 Å². The molecule has 0 saturated heterocycles. The highest BCUT2D eigenvalue weighted by Crippen LogP contribution is 2.24. The predicted octanol–water partition coefficient (Wildman–Crippen LogP) is -2.34. The van der Waals surface area contributed by atoms with Crippen molar-refractivity contribution in [3.8, 4) is 5.75 Å². The number of benzene rings is 1. The lowest BCUT2D eigenvalue weighted by atomic mass is 9.85. The fourth-order valence-electron chi connectivity index (χ4n) is 2.31. The van der Waals surface area contributed by atoms with E-state index in [1.807, 2.05) is 0 Å². The fraction of sp³-hybridized carbons (Fsp3) is 0.500. The summed E-state index contributed by atoms with van der Waals surface area (Å²) in [5.74, 6) is -0.764. The van der Waals surface area contributed by atoms with Crippen LogP contribution in [0.25, 0.3) is 0 Å². The standard InChI is InChI=1S/C14H18O8/c15-7-3-1-6(2-4-7)5-8(16)22-14-12(20)10(18)9(17)11(19)13(14)21/h1-4,9-15,17-21H,5H2/t9?,10-,11-,12-,13+,14?/m1/s1. The van der Waals surface area contributed by atoms with Crippen LogP contribution in [0.4, 0.5) is 0 Å². The van der Waals surface area contributed by atoms with Crippen molar-refractivity contribution in [2.75, 3.05) is 0 Å². The third-order valence-corrected chi connectivity index (χ3v) is 3.63. The number of carbonyl (C=O) groups excluding carboxylic acids is 1. The summed E-state index contributed by atoms with van der Waals surface area (Å²) >= 11 is 0. The van der Waals surface area contributed by atoms with Crippen molar-refractivity contribution in [1.29, 1.82) is 0 Å². The molecule has 1 aromatic rings. The molecule has 0 spiro atoms. The minimum absolute atomic E-state index is 0.0375. The van der Waals surface area contributed by atoms with Gasteiger partial charge in [-0.15, -0.1) is 0 Å². The Kier molecular flexibility index (Phi) is 4.99. The molecule has 6 N–H and O–H groups in total. The number of hydrogen-bond donors (Lipinski definition) is 6. The zero-order valence-corrected chi connectivity index (χ0v) is 11.5. The second-order valence-corrected chi connectivity index (χ2v) is 5.25. The van der Waals surface area contributed by atoms with Crippen LogP contribution in [-0.4, -0.2) is 73.2 Å². The molecular weight excluding hydrogens is 296 g/mol. The number of ether oxygens (including phenoxy) is 1. The van der Waals surface area contributed by atoms with E-state index in [1.54, 1.807) is 0 Å². The maximum absolute atomic E-state index is 11.8. The van der Waals surface area contributed by atoms with E-state index < -0.39 is 42.6 Å². The van der Waals surface area contributed by atoms with Gasteiger partial charge in [0.05, 0.1) is 6.42 Å². The van der Waals surface area contributed by atoms with Crippen LogP contribution in [0.3, 0.4) is 0 Å². The molecule has 1 aliphatic rings. The van der Waals surface area contributed by atoms with Crippen LogP contribution < -0.4 is 0 Å². The van der Waals surface area contributed by atoms with Crippen LogP contribution in [0.15, 0.2) is 24.3 Å². The quantitative estimate of drug-likeness (QED) is 0.340. The summed E-state index contributed by atoms with van der Waals surface area (Å²) in [6, 6.07) is 5.77. The lowest BCUT2D eigenvalue weighted by Crippen LogP contribution is -2.64. The topological polar surface area (TPSA) is 148 Å². The Labute approximate surface area is 125 Å². The Morgan fingerprint density at radius 1 is 0.864 bits per heavy atom. The Morgan fingerprint density at radius 2 is 1.32 bits per heavy atom. The van der Waals surface area contributed by atoms with Crippen molar-refractivity contribution in [3.05, 3.63) is 29.8 Å². The number of aliphatic hydroxyl groups is 5. The molecule has 2 rings (SSSR count). The molecule has 8 heteroatoms. The van der Waals surface area contributed by atoms with Gasteiger partial charge < -0.3 is 35.4 Å². The zero-order valence-electron chi connectivity index (χ0n) is 11.5. The monoisotopic (exact) mass is 314 g/mol. The van der Waals surface area contributed by atoms with E-state index in [2.05, 4.69) is 0 Å². The molecule has 2 unspecified atom stereocenters. The minimum Gasteiger partial charge on any atom is -0.508 e. The number of carbonyl (C=O) groups is 1. The molecule has 1 aromatic carbocycles. The summed E-state index contributed by atoms with van der Waals surface area (Å²) < 4.78 is 4.91. The molecule has 0 aromatic heterocycles. The molecule has 1 fully saturated rings. The van der Waals surface area contributed by atoms with Crippen molar-refractivity contribution in [2.45, 2.75) is 43.0 Å². The van der Waals surface area contributed by atoms with E-state index in [-0.39, 0.29) is 12.2 Å².